The minimum atomic E-state index is 0.109. The Kier molecular flexibility index (Phi) is 4.35. The number of rotatable bonds is 2. The fourth-order valence-electron chi connectivity index (χ4n) is 0.996. The van der Waals surface area contributed by atoms with E-state index in [0.29, 0.717) is 0 Å². The molecule has 1 rings (SSSR count). The molecule has 1 nitrogen and oxygen atoms in total. The molecule has 2 N–H and O–H groups in total. The molecule has 14 heavy (non-hydrogen) atoms. The summed E-state index contributed by atoms with van der Waals surface area (Å²) in [5, 5.41) is 0. The van der Waals surface area contributed by atoms with Crippen molar-refractivity contribution in [2.45, 2.75) is 19.9 Å². The van der Waals surface area contributed by atoms with E-state index in [9.17, 15) is 0 Å². The van der Waals surface area contributed by atoms with Gasteiger partial charge in [0.2, 0.25) is 0 Å². The van der Waals surface area contributed by atoms with Gasteiger partial charge in [-0.05, 0) is 63.4 Å². The molecule has 1 atom stereocenters. The third kappa shape index (κ3) is 3.23. The summed E-state index contributed by atoms with van der Waals surface area (Å²) in [6.45, 7) is 4.03. The Bertz CT molecular complexity index is 356. The average molecular weight is 319 g/mol. The maximum Gasteiger partial charge on any atom is 0.0323 e. The minimum Gasteiger partial charge on any atom is -0.324 e. The van der Waals surface area contributed by atoms with Crippen molar-refractivity contribution in [3.8, 4) is 0 Å². The molecular weight excluding hydrogens is 306 g/mol. The van der Waals surface area contributed by atoms with Crippen LogP contribution >= 0.6 is 31.9 Å². The first-order valence-electron chi connectivity index (χ1n) is 4.39. The van der Waals surface area contributed by atoms with Gasteiger partial charge in [0.15, 0.2) is 0 Å². The van der Waals surface area contributed by atoms with Gasteiger partial charge in [0.25, 0.3) is 0 Å². The molecule has 0 aliphatic carbocycles. The van der Waals surface area contributed by atoms with Crippen LogP contribution in [0.2, 0.25) is 0 Å². The fraction of sp³-hybridized carbons (Fsp3) is 0.273. The number of hydrogen-bond acceptors (Lipinski definition) is 1. The second-order valence-electron chi connectivity index (χ2n) is 3.35. The first kappa shape index (κ1) is 12.0. The lowest BCUT2D eigenvalue weighted by molar-refractivity contribution is 0.868. The zero-order valence-electron chi connectivity index (χ0n) is 8.22. The first-order chi connectivity index (χ1) is 6.50. The van der Waals surface area contributed by atoms with E-state index >= 15 is 0 Å². The standard InChI is InChI=1S/C11H13Br2N/c1-7(8(2)14)5-9-3-4-10(12)11(13)6-9/h3-6,8H,14H2,1-2H3/b7-5+. The largest absolute Gasteiger partial charge is 0.324 e. The third-order valence-corrected chi connectivity index (χ3v) is 3.94. The minimum absolute atomic E-state index is 0.109. The molecule has 0 aromatic heterocycles. The molecule has 0 amide bonds. The van der Waals surface area contributed by atoms with Gasteiger partial charge >= 0.3 is 0 Å². The molecule has 1 aromatic carbocycles. The highest BCUT2D eigenvalue weighted by Gasteiger charge is 1.99. The van der Waals surface area contributed by atoms with Crippen LogP contribution in [0.1, 0.15) is 19.4 Å². The quantitative estimate of drug-likeness (QED) is 0.877. The molecule has 0 fully saturated rings. The van der Waals surface area contributed by atoms with Gasteiger partial charge in [0.1, 0.15) is 0 Å². The van der Waals surface area contributed by atoms with Crippen LogP contribution in [-0.4, -0.2) is 6.04 Å². The maximum atomic E-state index is 5.76. The van der Waals surface area contributed by atoms with Crippen molar-refractivity contribution in [1.29, 1.82) is 0 Å². The Hall–Kier alpha value is -0.120. The van der Waals surface area contributed by atoms with E-state index in [0.717, 1.165) is 14.5 Å². The second-order valence-corrected chi connectivity index (χ2v) is 5.06. The lowest BCUT2D eigenvalue weighted by atomic mass is 10.1. The SMILES string of the molecule is C/C(=C\c1ccc(Br)c(Br)c1)C(C)N. The topological polar surface area (TPSA) is 26.0 Å². The zero-order valence-corrected chi connectivity index (χ0v) is 11.4. The van der Waals surface area contributed by atoms with Crippen LogP contribution in [0.5, 0.6) is 0 Å². The van der Waals surface area contributed by atoms with Gasteiger partial charge in [-0.2, -0.15) is 0 Å². The molecule has 76 valence electrons. The van der Waals surface area contributed by atoms with Crippen LogP contribution in [0.15, 0.2) is 32.7 Å². The molecule has 3 heteroatoms. The summed E-state index contributed by atoms with van der Waals surface area (Å²) in [7, 11) is 0. The van der Waals surface area contributed by atoms with Gasteiger partial charge in [0.05, 0.1) is 0 Å². The predicted octanol–water partition coefficient (Wildman–Crippen LogP) is 3.96. The monoisotopic (exact) mass is 317 g/mol. The highest BCUT2D eigenvalue weighted by molar-refractivity contribution is 9.13. The summed E-state index contributed by atoms with van der Waals surface area (Å²) in [5.41, 5.74) is 8.10. The first-order valence-corrected chi connectivity index (χ1v) is 5.98. The van der Waals surface area contributed by atoms with E-state index in [1.54, 1.807) is 0 Å². The van der Waals surface area contributed by atoms with Crippen molar-refractivity contribution < 1.29 is 0 Å². The zero-order chi connectivity index (χ0) is 10.7. The van der Waals surface area contributed by atoms with Crippen molar-refractivity contribution in [2.24, 2.45) is 5.73 Å². The molecule has 0 heterocycles. The number of benzene rings is 1. The number of nitrogens with two attached hydrogens (primary N) is 1. The Morgan fingerprint density at radius 1 is 1.36 bits per heavy atom. The Morgan fingerprint density at radius 3 is 2.50 bits per heavy atom. The van der Waals surface area contributed by atoms with Crippen molar-refractivity contribution in [2.75, 3.05) is 0 Å². The van der Waals surface area contributed by atoms with Gasteiger partial charge in [0, 0.05) is 15.0 Å². The van der Waals surface area contributed by atoms with E-state index < -0.39 is 0 Å². The van der Waals surface area contributed by atoms with E-state index in [1.807, 2.05) is 19.9 Å². The van der Waals surface area contributed by atoms with Crippen LogP contribution in [0.25, 0.3) is 6.08 Å². The maximum absolute atomic E-state index is 5.76. The van der Waals surface area contributed by atoms with Crippen molar-refractivity contribution in [3.63, 3.8) is 0 Å². The van der Waals surface area contributed by atoms with Gasteiger partial charge in [-0.15, -0.1) is 0 Å². The van der Waals surface area contributed by atoms with Crippen LogP contribution in [0, 0.1) is 0 Å². The summed E-state index contributed by atoms with van der Waals surface area (Å²) in [6, 6.07) is 6.25. The molecule has 1 aromatic rings. The third-order valence-electron chi connectivity index (χ3n) is 2.06. The summed E-state index contributed by atoms with van der Waals surface area (Å²) < 4.78 is 2.12. The van der Waals surface area contributed by atoms with E-state index in [-0.39, 0.29) is 6.04 Å². The summed E-state index contributed by atoms with van der Waals surface area (Å²) in [5.74, 6) is 0. The summed E-state index contributed by atoms with van der Waals surface area (Å²) >= 11 is 6.90. The summed E-state index contributed by atoms with van der Waals surface area (Å²) in [6.07, 6.45) is 2.10. The second kappa shape index (κ2) is 5.10. The van der Waals surface area contributed by atoms with Crippen LogP contribution in [-0.2, 0) is 0 Å². The highest BCUT2D eigenvalue weighted by Crippen LogP contribution is 2.24. The molecule has 1 unspecified atom stereocenters. The molecule has 0 bridgehead atoms. The number of hydrogen-bond donors (Lipinski definition) is 1. The fourth-order valence-corrected chi connectivity index (χ4v) is 1.64. The van der Waals surface area contributed by atoms with Crippen LogP contribution in [0.4, 0.5) is 0 Å². The molecule has 0 saturated heterocycles. The molecule has 0 aliphatic rings. The highest BCUT2D eigenvalue weighted by atomic mass is 79.9. The van der Waals surface area contributed by atoms with Crippen molar-refractivity contribution in [3.05, 3.63) is 38.3 Å². The smallest absolute Gasteiger partial charge is 0.0323 e. The van der Waals surface area contributed by atoms with Crippen molar-refractivity contribution in [1.82, 2.24) is 0 Å². The molecule has 0 radical (unpaired) electrons. The van der Waals surface area contributed by atoms with E-state index in [4.69, 9.17) is 5.73 Å². The lowest BCUT2D eigenvalue weighted by Crippen LogP contribution is -2.15. The lowest BCUT2D eigenvalue weighted by Gasteiger charge is -2.05. The Labute approximate surface area is 102 Å². The average Bonchev–Trinajstić information content (AvgIpc) is 2.11. The van der Waals surface area contributed by atoms with Gasteiger partial charge in [-0.25, -0.2) is 0 Å². The molecule has 0 spiro atoms. The predicted molar refractivity (Wildman–Crippen MR) is 69.1 cm³/mol. The van der Waals surface area contributed by atoms with Gasteiger partial charge in [-0.3, -0.25) is 0 Å². The van der Waals surface area contributed by atoms with Gasteiger partial charge in [-0.1, -0.05) is 17.7 Å². The molecule has 0 aliphatic heterocycles. The van der Waals surface area contributed by atoms with Crippen molar-refractivity contribution >= 4 is 37.9 Å². The van der Waals surface area contributed by atoms with E-state index in [2.05, 4.69) is 50.1 Å². The number of halogens is 2. The van der Waals surface area contributed by atoms with Crippen LogP contribution < -0.4 is 5.73 Å². The molecular formula is C11H13Br2N. The summed E-state index contributed by atoms with van der Waals surface area (Å²) in [4.78, 5) is 0. The molecule has 0 saturated carbocycles. The van der Waals surface area contributed by atoms with Gasteiger partial charge < -0.3 is 5.73 Å². The normalized spacial score (nSPS) is 14.2. The Morgan fingerprint density at radius 2 is 2.00 bits per heavy atom. The Balaban J connectivity index is 2.98. The van der Waals surface area contributed by atoms with E-state index in [1.165, 1.54) is 5.57 Å². The van der Waals surface area contributed by atoms with Crippen LogP contribution in [0.3, 0.4) is 0 Å².